The monoisotopic (exact) mass is 265 g/mol. The summed E-state index contributed by atoms with van der Waals surface area (Å²) in [4.78, 5) is 1.59. The third-order valence-electron chi connectivity index (χ3n) is 4.20. The Hall–Kier alpha value is -0.380. The van der Waals surface area contributed by atoms with E-state index in [9.17, 15) is 0 Å². The molecule has 1 fully saturated rings. The van der Waals surface area contributed by atoms with Gasteiger partial charge in [-0.25, -0.2) is 0 Å². The van der Waals surface area contributed by atoms with Gasteiger partial charge >= 0.3 is 0 Å². The average molecular weight is 265 g/mol. The van der Waals surface area contributed by atoms with Crippen molar-refractivity contribution in [3.8, 4) is 0 Å². The van der Waals surface area contributed by atoms with Gasteiger partial charge in [0, 0.05) is 17.5 Å². The van der Waals surface area contributed by atoms with Crippen molar-refractivity contribution in [1.29, 1.82) is 0 Å². The minimum Gasteiger partial charge on any atom is -0.377 e. The molecule has 1 heterocycles. The highest BCUT2D eigenvalue weighted by molar-refractivity contribution is 7.10. The first-order valence-corrected chi connectivity index (χ1v) is 8.23. The minimum absolute atomic E-state index is 0.551. The summed E-state index contributed by atoms with van der Waals surface area (Å²) in [6.45, 7) is 1.87. The van der Waals surface area contributed by atoms with Crippen molar-refractivity contribution in [3.05, 3.63) is 21.9 Å². The Balaban J connectivity index is 1.41. The van der Waals surface area contributed by atoms with Crippen LogP contribution in [0.5, 0.6) is 0 Å². The van der Waals surface area contributed by atoms with Crippen molar-refractivity contribution in [3.63, 3.8) is 0 Å². The molecule has 100 valence electrons. The molecule has 0 amide bonds. The molecule has 1 aromatic heterocycles. The lowest BCUT2D eigenvalue weighted by Gasteiger charge is -2.24. The standard InChI is InChI=1S/C15H23NOS/c1-2-5-12(4-1)17-10-9-16-14-6-3-7-15-13(14)8-11-18-15/h8,11-12,14,16H,1-7,9-10H2. The molecule has 2 nitrogen and oxygen atoms in total. The normalized spacial score (nSPS) is 24.3. The molecular weight excluding hydrogens is 242 g/mol. The molecule has 0 spiro atoms. The first kappa shape index (κ1) is 12.6. The van der Waals surface area contributed by atoms with Crippen LogP contribution in [0, 0.1) is 0 Å². The van der Waals surface area contributed by atoms with Crippen molar-refractivity contribution in [2.45, 2.75) is 57.1 Å². The molecule has 0 saturated heterocycles. The van der Waals surface area contributed by atoms with E-state index < -0.39 is 0 Å². The van der Waals surface area contributed by atoms with Crippen LogP contribution in [0.1, 0.15) is 55.0 Å². The van der Waals surface area contributed by atoms with Crippen LogP contribution >= 0.6 is 11.3 Å². The summed E-state index contributed by atoms with van der Waals surface area (Å²) >= 11 is 1.92. The van der Waals surface area contributed by atoms with Crippen LogP contribution < -0.4 is 5.32 Å². The third-order valence-corrected chi connectivity index (χ3v) is 5.20. The number of hydrogen-bond acceptors (Lipinski definition) is 3. The first-order valence-electron chi connectivity index (χ1n) is 7.35. The van der Waals surface area contributed by atoms with Crippen molar-refractivity contribution in [2.75, 3.05) is 13.2 Å². The Labute approximate surface area is 114 Å². The van der Waals surface area contributed by atoms with Gasteiger partial charge < -0.3 is 10.1 Å². The number of thiophene rings is 1. The van der Waals surface area contributed by atoms with Gasteiger partial charge in [-0.2, -0.15) is 0 Å². The van der Waals surface area contributed by atoms with Crippen molar-refractivity contribution >= 4 is 11.3 Å². The molecule has 1 unspecified atom stereocenters. The predicted octanol–water partition coefficient (Wildman–Crippen LogP) is 3.67. The van der Waals surface area contributed by atoms with Gasteiger partial charge in [0.05, 0.1) is 12.7 Å². The largest absolute Gasteiger partial charge is 0.377 e. The molecule has 0 aliphatic heterocycles. The predicted molar refractivity (Wildman–Crippen MR) is 76.2 cm³/mol. The molecule has 2 aliphatic carbocycles. The fourth-order valence-corrected chi connectivity index (χ4v) is 4.20. The van der Waals surface area contributed by atoms with Crippen LogP contribution in [0.15, 0.2) is 11.4 Å². The molecule has 3 rings (SSSR count). The Bertz CT molecular complexity index is 370. The highest BCUT2D eigenvalue weighted by Gasteiger charge is 2.20. The summed E-state index contributed by atoms with van der Waals surface area (Å²) in [7, 11) is 0. The Morgan fingerprint density at radius 2 is 2.11 bits per heavy atom. The summed E-state index contributed by atoms with van der Waals surface area (Å²) in [5.74, 6) is 0. The summed E-state index contributed by atoms with van der Waals surface area (Å²) in [6, 6.07) is 2.88. The maximum atomic E-state index is 5.90. The number of rotatable bonds is 5. The highest BCUT2D eigenvalue weighted by atomic mass is 32.1. The Morgan fingerprint density at radius 3 is 3.00 bits per heavy atom. The lowest BCUT2D eigenvalue weighted by molar-refractivity contribution is 0.0588. The van der Waals surface area contributed by atoms with Crippen LogP contribution in [0.2, 0.25) is 0 Å². The van der Waals surface area contributed by atoms with Crippen LogP contribution in [-0.4, -0.2) is 19.3 Å². The first-order chi connectivity index (χ1) is 8.93. The van der Waals surface area contributed by atoms with Crippen LogP contribution in [0.3, 0.4) is 0 Å². The van der Waals surface area contributed by atoms with Crippen molar-refractivity contribution in [1.82, 2.24) is 5.32 Å². The molecule has 0 aromatic carbocycles. The van der Waals surface area contributed by atoms with Gasteiger partial charge in [0.2, 0.25) is 0 Å². The zero-order chi connectivity index (χ0) is 12.2. The average Bonchev–Trinajstić information content (AvgIpc) is 3.05. The second-order valence-corrected chi connectivity index (χ2v) is 6.48. The zero-order valence-electron chi connectivity index (χ0n) is 11.0. The molecule has 3 heteroatoms. The molecule has 2 aliphatic rings. The molecule has 0 bridgehead atoms. The van der Waals surface area contributed by atoms with Gasteiger partial charge in [-0.3, -0.25) is 0 Å². The number of ether oxygens (including phenoxy) is 1. The fraction of sp³-hybridized carbons (Fsp3) is 0.733. The number of nitrogens with one attached hydrogen (secondary N) is 1. The molecular formula is C15H23NOS. The summed E-state index contributed by atoms with van der Waals surface area (Å²) in [5.41, 5.74) is 1.55. The van der Waals surface area contributed by atoms with E-state index in [4.69, 9.17) is 4.74 Å². The molecule has 0 radical (unpaired) electrons. The fourth-order valence-electron chi connectivity index (χ4n) is 3.21. The Kier molecular flexibility index (Phi) is 4.34. The van der Waals surface area contributed by atoms with Crippen molar-refractivity contribution < 1.29 is 4.74 Å². The van der Waals surface area contributed by atoms with Gasteiger partial charge in [0.1, 0.15) is 0 Å². The summed E-state index contributed by atoms with van der Waals surface area (Å²) in [5, 5.41) is 5.91. The van der Waals surface area contributed by atoms with E-state index >= 15 is 0 Å². The van der Waals surface area contributed by atoms with E-state index in [2.05, 4.69) is 16.8 Å². The molecule has 1 N–H and O–H groups in total. The maximum absolute atomic E-state index is 5.90. The van der Waals surface area contributed by atoms with Gasteiger partial charge in [-0.1, -0.05) is 12.8 Å². The lowest BCUT2D eigenvalue weighted by atomic mass is 9.94. The maximum Gasteiger partial charge on any atom is 0.0594 e. The second-order valence-electron chi connectivity index (χ2n) is 5.48. The van der Waals surface area contributed by atoms with Crippen molar-refractivity contribution in [2.24, 2.45) is 0 Å². The van der Waals surface area contributed by atoms with Gasteiger partial charge in [-0.15, -0.1) is 11.3 Å². The van der Waals surface area contributed by atoms with E-state index in [1.807, 2.05) is 11.3 Å². The lowest BCUT2D eigenvalue weighted by Crippen LogP contribution is -2.28. The smallest absolute Gasteiger partial charge is 0.0594 e. The van der Waals surface area contributed by atoms with Crippen LogP contribution in [0.4, 0.5) is 0 Å². The number of aryl methyl sites for hydroxylation is 1. The van der Waals surface area contributed by atoms with E-state index in [0.717, 1.165) is 13.2 Å². The highest BCUT2D eigenvalue weighted by Crippen LogP contribution is 2.33. The SMILES string of the molecule is c1cc2c(s1)CCCC2NCCOC1CCCC1. The second kappa shape index (κ2) is 6.18. The summed E-state index contributed by atoms with van der Waals surface area (Å²) < 4.78 is 5.90. The Morgan fingerprint density at radius 1 is 1.22 bits per heavy atom. The number of fused-ring (bicyclic) bond motifs is 1. The van der Waals surface area contributed by atoms with Crippen LogP contribution in [0.25, 0.3) is 0 Å². The van der Waals surface area contributed by atoms with E-state index in [-0.39, 0.29) is 0 Å². The minimum atomic E-state index is 0.551. The van der Waals surface area contributed by atoms with Crippen LogP contribution in [-0.2, 0) is 11.2 Å². The molecule has 1 aromatic rings. The molecule has 18 heavy (non-hydrogen) atoms. The van der Waals surface area contributed by atoms with E-state index in [1.165, 1.54) is 44.9 Å². The van der Waals surface area contributed by atoms with Gasteiger partial charge in [0.25, 0.3) is 0 Å². The molecule has 1 atom stereocenters. The molecule has 1 saturated carbocycles. The zero-order valence-corrected chi connectivity index (χ0v) is 11.8. The van der Waals surface area contributed by atoms with E-state index in [1.54, 1.807) is 10.4 Å². The van der Waals surface area contributed by atoms with Gasteiger partial charge in [-0.05, 0) is 49.1 Å². The van der Waals surface area contributed by atoms with E-state index in [0.29, 0.717) is 12.1 Å². The van der Waals surface area contributed by atoms with Gasteiger partial charge in [0.15, 0.2) is 0 Å². The third kappa shape index (κ3) is 2.95. The topological polar surface area (TPSA) is 21.3 Å². The summed E-state index contributed by atoms with van der Waals surface area (Å²) in [6.07, 6.45) is 9.72. The quantitative estimate of drug-likeness (QED) is 0.820. The number of hydrogen-bond donors (Lipinski definition) is 1.